The van der Waals surface area contributed by atoms with Crippen LogP contribution < -0.4 is 15.5 Å². The molecule has 2 aromatic rings. The van der Waals surface area contributed by atoms with E-state index >= 15 is 0 Å². The minimum absolute atomic E-state index is 0.0173. The Bertz CT molecular complexity index is 1590. The molecule has 2 N–H and O–H groups in total. The van der Waals surface area contributed by atoms with Crippen LogP contribution in [0.2, 0.25) is 0 Å². The lowest BCUT2D eigenvalue weighted by atomic mass is 9.65. The maximum Gasteiger partial charge on any atom is 0.311 e. The number of amides is 2. The minimum Gasteiger partial charge on any atom is -0.420 e. The molecule has 47 heavy (non-hydrogen) atoms. The number of aromatic nitrogens is 1. The highest BCUT2D eigenvalue weighted by Gasteiger charge is 2.55. The zero-order valence-corrected chi connectivity index (χ0v) is 28.3. The van der Waals surface area contributed by atoms with Crippen LogP contribution in [0.4, 0.5) is 8.78 Å². The van der Waals surface area contributed by atoms with Gasteiger partial charge in [0.2, 0.25) is 11.2 Å². The zero-order valence-electron chi connectivity index (χ0n) is 28.3. The van der Waals surface area contributed by atoms with Crippen LogP contribution in [0.5, 0.6) is 5.75 Å². The fraction of sp³-hybridized carbons (Fsp3) is 0.583. The van der Waals surface area contributed by atoms with Gasteiger partial charge in [-0.25, -0.2) is 8.78 Å². The fourth-order valence-electron chi connectivity index (χ4n) is 7.03. The second-order valence-electron chi connectivity index (χ2n) is 13.8. The first kappa shape index (κ1) is 36.0. The van der Waals surface area contributed by atoms with Crippen molar-refractivity contribution in [2.75, 3.05) is 6.54 Å². The molecular weight excluding hydrogens is 606 g/mol. The van der Waals surface area contributed by atoms with Gasteiger partial charge in [-0.15, -0.1) is 0 Å². The first-order valence-electron chi connectivity index (χ1n) is 16.8. The quantitative estimate of drug-likeness (QED) is 0.131. The van der Waals surface area contributed by atoms with E-state index in [-0.39, 0.29) is 42.4 Å². The van der Waals surface area contributed by atoms with Gasteiger partial charge in [0, 0.05) is 49.1 Å². The Labute approximate surface area is 275 Å². The van der Waals surface area contributed by atoms with E-state index in [1.807, 2.05) is 20.8 Å². The molecule has 1 aromatic carbocycles. The van der Waals surface area contributed by atoms with Crippen molar-refractivity contribution in [2.45, 2.75) is 123 Å². The maximum absolute atomic E-state index is 14.3. The fourth-order valence-corrected chi connectivity index (χ4v) is 7.03. The molecule has 1 saturated heterocycles. The number of ether oxygens (including phenoxy) is 1. The monoisotopic (exact) mass is 654 g/mol. The van der Waals surface area contributed by atoms with Crippen molar-refractivity contribution in [2.24, 2.45) is 5.41 Å². The molecule has 4 rings (SSSR count). The summed E-state index contributed by atoms with van der Waals surface area (Å²) >= 11 is 0. The molecule has 256 valence electrons. The van der Waals surface area contributed by atoms with Crippen LogP contribution in [0.15, 0.2) is 29.2 Å². The number of esters is 1. The van der Waals surface area contributed by atoms with E-state index < -0.39 is 51.6 Å². The summed E-state index contributed by atoms with van der Waals surface area (Å²) in [5.74, 6) is -4.11. The Morgan fingerprint density at radius 3 is 2.43 bits per heavy atom. The smallest absolute Gasteiger partial charge is 0.311 e. The van der Waals surface area contributed by atoms with Gasteiger partial charge in [-0.2, -0.15) is 0 Å². The van der Waals surface area contributed by atoms with E-state index in [1.165, 1.54) is 18.7 Å². The third-order valence-corrected chi connectivity index (χ3v) is 10.1. The standard InChI is InChI=1S/C36H48F2N4O5/c1-6-7-8-9-10-11-12-13-29(43)47-32-30-34(46)41-22-36(5,35(4,19-23(2)39)17-16-24(41)3)42(30)21-27(31(32)44)33(45)40-20-25-14-15-26(37)18-28(25)38/h14-15,18,21,24,39H,6-13,16-17,19-20,22H2,1-5H3,(H,40,45)/t24-,35+,36+/m0/s1. The summed E-state index contributed by atoms with van der Waals surface area (Å²) in [6.07, 6.45) is 9.99. The van der Waals surface area contributed by atoms with Crippen LogP contribution in [-0.2, 0) is 16.9 Å². The number of fused-ring (bicyclic) bond motifs is 4. The number of nitrogens with one attached hydrogen (secondary N) is 2. The third kappa shape index (κ3) is 7.65. The summed E-state index contributed by atoms with van der Waals surface area (Å²) in [6.45, 7) is 9.74. The van der Waals surface area contributed by atoms with Crippen molar-refractivity contribution >= 4 is 23.5 Å². The Morgan fingerprint density at radius 1 is 1.09 bits per heavy atom. The summed E-state index contributed by atoms with van der Waals surface area (Å²) in [5.41, 5.74) is -2.39. The number of carbonyl (C=O) groups excluding carboxylic acids is 3. The highest BCUT2D eigenvalue weighted by Crippen LogP contribution is 2.51. The predicted molar refractivity (Wildman–Crippen MR) is 176 cm³/mol. The number of benzene rings is 1. The number of halogens is 2. The Hall–Kier alpha value is -3.89. The first-order chi connectivity index (χ1) is 22.2. The lowest BCUT2D eigenvalue weighted by Gasteiger charge is -2.52. The zero-order chi connectivity index (χ0) is 34.5. The van der Waals surface area contributed by atoms with Gasteiger partial charge < -0.3 is 24.9 Å². The van der Waals surface area contributed by atoms with Crippen molar-refractivity contribution in [3.05, 3.63) is 63.1 Å². The lowest BCUT2D eigenvalue weighted by molar-refractivity contribution is -0.134. The summed E-state index contributed by atoms with van der Waals surface area (Å²) in [4.78, 5) is 56.6. The number of nitrogens with zero attached hydrogens (tertiary/aromatic N) is 2. The van der Waals surface area contributed by atoms with Gasteiger partial charge in [0.05, 0.1) is 5.54 Å². The van der Waals surface area contributed by atoms with Gasteiger partial charge in [-0.1, -0.05) is 58.4 Å². The number of rotatable bonds is 14. The van der Waals surface area contributed by atoms with E-state index in [2.05, 4.69) is 12.2 Å². The third-order valence-electron chi connectivity index (χ3n) is 10.1. The number of hydrogen-bond donors (Lipinski definition) is 2. The van der Waals surface area contributed by atoms with Crippen LogP contribution in [0.3, 0.4) is 0 Å². The molecule has 2 aliphatic heterocycles. The summed E-state index contributed by atoms with van der Waals surface area (Å²) in [7, 11) is 0. The van der Waals surface area contributed by atoms with Crippen molar-refractivity contribution in [3.8, 4) is 5.75 Å². The Kier molecular flexibility index (Phi) is 11.4. The molecule has 0 aliphatic carbocycles. The van der Waals surface area contributed by atoms with E-state index in [1.54, 1.807) is 16.4 Å². The molecule has 3 atom stereocenters. The average molecular weight is 655 g/mol. The molecule has 9 nitrogen and oxygen atoms in total. The molecule has 2 aliphatic rings. The number of carbonyl (C=O) groups is 3. The van der Waals surface area contributed by atoms with Crippen molar-refractivity contribution < 1.29 is 27.9 Å². The number of unbranched alkanes of at least 4 members (excludes halogenated alkanes) is 6. The summed E-state index contributed by atoms with van der Waals surface area (Å²) < 4.78 is 35.1. The second kappa shape index (κ2) is 14.9. The van der Waals surface area contributed by atoms with Crippen molar-refractivity contribution in [1.82, 2.24) is 14.8 Å². The molecule has 1 aromatic heterocycles. The van der Waals surface area contributed by atoms with Crippen LogP contribution in [0.1, 0.15) is 132 Å². The molecule has 0 saturated carbocycles. The normalized spacial score (nSPS) is 22.0. The van der Waals surface area contributed by atoms with Crippen molar-refractivity contribution in [1.29, 1.82) is 5.41 Å². The van der Waals surface area contributed by atoms with Crippen LogP contribution in [-0.4, -0.2) is 45.5 Å². The summed E-state index contributed by atoms with van der Waals surface area (Å²) in [5, 5.41) is 10.9. The second-order valence-corrected chi connectivity index (χ2v) is 13.8. The van der Waals surface area contributed by atoms with E-state index in [4.69, 9.17) is 10.1 Å². The molecule has 0 unspecified atom stereocenters. The van der Waals surface area contributed by atoms with Crippen LogP contribution in [0, 0.1) is 22.5 Å². The van der Waals surface area contributed by atoms with Gasteiger partial charge in [-0.05, 0) is 57.9 Å². The predicted octanol–water partition coefficient (Wildman–Crippen LogP) is 6.89. The molecule has 3 heterocycles. The Morgan fingerprint density at radius 2 is 1.77 bits per heavy atom. The van der Waals surface area contributed by atoms with Crippen LogP contribution in [0.25, 0.3) is 0 Å². The number of hydrogen-bond acceptors (Lipinski definition) is 6. The molecular formula is C36H48F2N4O5. The van der Waals surface area contributed by atoms with Gasteiger partial charge in [0.25, 0.3) is 11.8 Å². The van der Waals surface area contributed by atoms with Gasteiger partial charge in [0.15, 0.2) is 5.69 Å². The maximum atomic E-state index is 14.3. The number of pyridine rings is 1. The van der Waals surface area contributed by atoms with E-state index in [0.29, 0.717) is 37.5 Å². The van der Waals surface area contributed by atoms with Gasteiger partial charge in [0.1, 0.15) is 17.2 Å². The summed E-state index contributed by atoms with van der Waals surface area (Å²) in [6, 6.07) is 2.80. The highest BCUT2D eigenvalue weighted by atomic mass is 19.1. The first-order valence-corrected chi connectivity index (χ1v) is 16.8. The SMILES string of the molecule is CCCCCCCCCC(=O)Oc1c2n(cc(C(=O)NCc3ccc(F)cc3F)c1=O)[C@]1(C)CN(C2=O)[C@@H](C)CC[C@]1(C)CC(C)=N. The molecule has 2 amide bonds. The average Bonchev–Trinajstić information content (AvgIpc) is 3.09. The molecule has 2 bridgehead atoms. The molecule has 0 spiro atoms. The van der Waals surface area contributed by atoms with E-state index in [9.17, 15) is 28.0 Å². The molecule has 11 heteroatoms. The molecule has 0 radical (unpaired) electrons. The topological polar surface area (TPSA) is 122 Å². The van der Waals surface area contributed by atoms with Gasteiger partial charge >= 0.3 is 5.97 Å². The van der Waals surface area contributed by atoms with E-state index in [0.717, 1.165) is 38.2 Å². The van der Waals surface area contributed by atoms with Crippen molar-refractivity contribution in [3.63, 3.8) is 0 Å². The minimum atomic E-state index is -0.921. The Balaban J connectivity index is 1.76. The molecule has 1 fully saturated rings. The highest BCUT2D eigenvalue weighted by molar-refractivity contribution is 6.00. The van der Waals surface area contributed by atoms with Gasteiger partial charge in [-0.3, -0.25) is 19.2 Å². The van der Waals surface area contributed by atoms with Crippen LogP contribution >= 0.6 is 0 Å². The largest absolute Gasteiger partial charge is 0.420 e. The lowest BCUT2D eigenvalue weighted by Crippen LogP contribution is -2.60.